The third-order valence-electron chi connectivity index (χ3n) is 3.71. The van der Waals surface area contributed by atoms with Gasteiger partial charge in [0, 0.05) is 11.6 Å². The fraction of sp³-hybridized carbons (Fsp3) is 0.333. The average molecular weight is 343 g/mol. The molecule has 2 aromatic rings. The van der Waals surface area contributed by atoms with Crippen LogP contribution in [0.25, 0.3) is 11.3 Å². The van der Waals surface area contributed by atoms with Crippen molar-refractivity contribution >= 4 is 11.9 Å². The molecule has 0 fully saturated rings. The number of carboxylic acids is 1. The van der Waals surface area contributed by atoms with E-state index in [0.29, 0.717) is 18.5 Å². The first-order valence-electron chi connectivity index (χ1n) is 8.17. The largest absolute Gasteiger partial charge is 0.480 e. The van der Waals surface area contributed by atoms with Gasteiger partial charge in [-0.3, -0.25) is 9.59 Å². The van der Waals surface area contributed by atoms with Gasteiger partial charge in [-0.2, -0.15) is 5.10 Å². The zero-order valence-corrected chi connectivity index (χ0v) is 14.0. The molecule has 132 valence electrons. The number of aliphatic carboxylic acids is 1. The van der Waals surface area contributed by atoms with Crippen molar-refractivity contribution in [2.24, 2.45) is 0 Å². The highest BCUT2D eigenvalue weighted by atomic mass is 16.4. The summed E-state index contributed by atoms with van der Waals surface area (Å²) in [6.45, 7) is 1.62. The predicted molar refractivity (Wildman–Crippen MR) is 93.0 cm³/mol. The van der Waals surface area contributed by atoms with Gasteiger partial charge in [-0.25, -0.2) is 9.48 Å². The van der Waals surface area contributed by atoms with Gasteiger partial charge >= 0.3 is 5.97 Å². The van der Waals surface area contributed by atoms with E-state index in [9.17, 15) is 14.4 Å². The van der Waals surface area contributed by atoms with Crippen LogP contribution in [-0.2, 0) is 16.1 Å². The number of amides is 1. The van der Waals surface area contributed by atoms with Gasteiger partial charge in [-0.1, -0.05) is 50.1 Å². The Hall–Kier alpha value is -2.96. The van der Waals surface area contributed by atoms with Crippen molar-refractivity contribution < 1.29 is 14.7 Å². The number of hydrogen-bond donors (Lipinski definition) is 2. The summed E-state index contributed by atoms with van der Waals surface area (Å²) < 4.78 is 1.04. The van der Waals surface area contributed by atoms with Crippen molar-refractivity contribution in [3.63, 3.8) is 0 Å². The lowest BCUT2D eigenvalue weighted by molar-refractivity contribution is -0.142. The first-order chi connectivity index (χ1) is 12.0. The molecule has 1 heterocycles. The van der Waals surface area contributed by atoms with Crippen molar-refractivity contribution in [2.45, 2.75) is 38.8 Å². The number of benzene rings is 1. The molecule has 0 radical (unpaired) electrons. The first kappa shape index (κ1) is 18.4. The molecule has 2 rings (SSSR count). The Labute approximate surface area is 145 Å². The Morgan fingerprint density at radius 3 is 2.56 bits per heavy atom. The van der Waals surface area contributed by atoms with E-state index in [-0.39, 0.29) is 6.54 Å². The summed E-state index contributed by atoms with van der Waals surface area (Å²) in [5.74, 6) is -1.64. The minimum Gasteiger partial charge on any atom is -0.480 e. The smallest absolute Gasteiger partial charge is 0.326 e. The van der Waals surface area contributed by atoms with Crippen molar-refractivity contribution in [2.75, 3.05) is 0 Å². The Kier molecular flexibility index (Phi) is 6.45. The van der Waals surface area contributed by atoms with Gasteiger partial charge in [0.25, 0.3) is 5.56 Å². The molecule has 1 atom stereocenters. The van der Waals surface area contributed by atoms with Crippen LogP contribution in [0.4, 0.5) is 0 Å². The zero-order valence-electron chi connectivity index (χ0n) is 14.0. The van der Waals surface area contributed by atoms with Crippen molar-refractivity contribution in [1.29, 1.82) is 0 Å². The molecule has 1 aromatic heterocycles. The molecular formula is C18H21N3O4. The third-order valence-corrected chi connectivity index (χ3v) is 3.71. The first-order valence-corrected chi connectivity index (χ1v) is 8.17. The number of rotatable bonds is 8. The van der Waals surface area contributed by atoms with Crippen molar-refractivity contribution in [3.05, 3.63) is 52.8 Å². The fourth-order valence-electron chi connectivity index (χ4n) is 2.37. The van der Waals surface area contributed by atoms with Gasteiger partial charge in [0.2, 0.25) is 5.91 Å². The lowest BCUT2D eigenvalue weighted by Gasteiger charge is -2.14. The second-order valence-electron chi connectivity index (χ2n) is 5.68. The number of hydrogen-bond acceptors (Lipinski definition) is 4. The Morgan fingerprint density at radius 1 is 1.20 bits per heavy atom. The number of carbonyl (C=O) groups excluding carboxylic acids is 1. The molecule has 2 N–H and O–H groups in total. The summed E-state index contributed by atoms with van der Waals surface area (Å²) in [7, 11) is 0. The average Bonchev–Trinajstić information content (AvgIpc) is 2.61. The van der Waals surface area contributed by atoms with Gasteiger partial charge in [0.05, 0.1) is 5.69 Å². The highest BCUT2D eigenvalue weighted by Crippen LogP contribution is 2.13. The van der Waals surface area contributed by atoms with Crippen LogP contribution in [0, 0.1) is 0 Å². The maximum absolute atomic E-state index is 12.1. The number of carbonyl (C=O) groups is 2. The van der Waals surface area contributed by atoms with Gasteiger partial charge in [0.1, 0.15) is 12.6 Å². The minimum atomic E-state index is -1.08. The molecule has 0 aliphatic carbocycles. The van der Waals surface area contributed by atoms with E-state index in [1.165, 1.54) is 6.07 Å². The molecule has 25 heavy (non-hydrogen) atoms. The number of carboxylic acid groups (broad SMARTS) is 1. The standard InChI is InChI=1S/C18H21N3O4/c1-2-3-9-15(18(24)25)19-16(22)12-21-17(23)11-10-14(20-21)13-7-5-4-6-8-13/h4-8,10-11,15H,2-3,9,12H2,1H3,(H,19,22)(H,24,25)/t15-/m0/s1. The van der Waals surface area contributed by atoms with Crippen LogP contribution in [0.2, 0.25) is 0 Å². The predicted octanol–water partition coefficient (Wildman–Crippen LogP) is 1.67. The Bertz CT molecular complexity index is 786. The molecule has 1 amide bonds. The number of aromatic nitrogens is 2. The minimum absolute atomic E-state index is 0.324. The van der Waals surface area contributed by atoms with Crippen LogP contribution >= 0.6 is 0 Å². The molecule has 7 heteroatoms. The molecular weight excluding hydrogens is 322 g/mol. The summed E-state index contributed by atoms with van der Waals surface area (Å²) in [6.07, 6.45) is 1.88. The number of nitrogens with zero attached hydrogens (tertiary/aromatic N) is 2. The summed E-state index contributed by atoms with van der Waals surface area (Å²) in [5, 5.41) is 15.8. The maximum Gasteiger partial charge on any atom is 0.326 e. The summed E-state index contributed by atoms with van der Waals surface area (Å²) >= 11 is 0. The molecule has 0 aliphatic rings. The van der Waals surface area contributed by atoms with E-state index in [0.717, 1.165) is 16.7 Å². The van der Waals surface area contributed by atoms with Crippen LogP contribution < -0.4 is 10.9 Å². The van der Waals surface area contributed by atoms with Gasteiger partial charge in [0.15, 0.2) is 0 Å². The van der Waals surface area contributed by atoms with Crippen LogP contribution in [0.5, 0.6) is 0 Å². The van der Waals surface area contributed by atoms with Crippen LogP contribution in [-0.4, -0.2) is 32.8 Å². The normalized spacial score (nSPS) is 11.7. The van der Waals surface area contributed by atoms with Crippen LogP contribution in [0.15, 0.2) is 47.3 Å². The third kappa shape index (κ3) is 5.27. The number of nitrogens with one attached hydrogen (secondary N) is 1. The van der Waals surface area contributed by atoms with E-state index in [4.69, 9.17) is 5.11 Å². The molecule has 7 nitrogen and oxygen atoms in total. The van der Waals surface area contributed by atoms with E-state index in [1.54, 1.807) is 6.07 Å². The topological polar surface area (TPSA) is 101 Å². The molecule has 0 spiro atoms. The van der Waals surface area contributed by atoms with Gasteiger partial charge in [-0.05, 0) is 12.5 Å². The van der Waals surface area contributed by atoms with Crippen LogP contribution in [0.1, 0.15) is 26.2 Å². The lowest BCUT2D eigenvalue weighted by Crippen LogP contribution is -2.43. The highest BCUT2D eigenvalue weighted by molar-refractivity contribution is 5.83. The van der Waals surface area contributed by atoms with E-state index < -0.39 is 23.5 Å². The van der Waals surface area contributed by atoms with Crippen molar-refractivity contribution in [1.82, 2.24) is 15.1 Å². The zero-order chi connectivity index (χ0) is 18.2. The lowest BCUT2D eigenvalue weighted by atomic mass is 10.1. The molecule has 0 bridgehead atoms. The van der Waals surface area contributed by atoms with E-state index in [2.05, 4.69) is 10.4 Å². The van der Waals surface area contributed by atoms with E-state index in [1.807, 2.05) is 37.3 Å². The van der Waals surface area contributed by atoms with Crippen LogP contribution in [0.3, 0.4) is 0 Å². The number of unbranched alkanes of at least 4 members (excludes halogenated alkanes) is 1. The van der Waals surface area contributed by atoms with Gasteiger partial charge < -0.3 is 10.4 Å². The second-order valence-corrected chi connectivity index (χ2v) is 5.68. The van der Waals surface area contributed by atoms with E-state index >= 15 is 0 Å². The molecule has 0 saturated carbocycles. The molecule has 0 aliphatic heterocycles. The summed E-state index contributed by atoms with van der Waals surface area (Å²) in [4.78, 5) is 35.3. The summed E-state index contributed by atoms with van der Waals surface area (Å²) in [5.41, 5.74) is 0.965. The molecule has 0 saturated heterocycles. The van der Waals surface area contributed by atoms with Crippen molar-refractivity contribution in [3.8, 4) is 11.3 Å². The Morgan fingerprint density at radius 2 is 1.92 bits per heavy atom. The second kappa shape index (κ2) is 8.77. The monoisotopic (exact) mass is 343 g/mol. The Balaban J connectivity index is 2.12. The molecule has 1 aromatic carbocycles. The highest BCUT2D eigenvalue weighted by Gasteiger charge is 2.19. The van der Waals surface area contributed by atoms with Gasteiger partial charge in [-0.15, -0.1) is 0 Å². The quantitative estimate of drug-likeness (QED) is 0.759. The maximum atomic E-state index is 12.1. The summed E-state index contributed by atoms with van der Waals surface area (Å²) in [6, 6.07) is 11.2. The SMILES string of the molecule is CCCC[C@H](NC(=O)Cn1nc(-c2ccccc2)ccc1=O)C(=O)O. The molecule has 0 unspecified atom stereocenters. The fourth-order valence-corrected chi connectivity index (χ4v) is 2.37.